The summed E-state index contributed by atoms with van der Waals surface area (Å²) in [5, 5.41) is 0. The van der Waals surface area contributed by atoms with Crippen molar-refractivity contribution in [1.82, 2.24) is 9.97 Å². The number of nitrogens with one attached hydrogen (secondary N) is 1. The predicted octanol–water partition coefficient (Wildman–Crippen LogP) is 3.30. The predicted molar refractivity (Wildman–Crippen MR) is 86.9 cm³/mol. The van der Waals surface area contributed by atoms with Gasteiger partial charge in [-0.05, 0) is 42.7 Å². The first-order valence-electron chi connectivity index (χ1n) is 7.58. The monoisotopic (exact) mass is 293 g/mol. The van der Waals surface area contributed by atoms with Crippen LogP contribution in [0.2, 0.25) is 0 Å². The van der Waals surface area contributed by atoms with E-state index < -0.39 is 0 Å². The second-order valence-electron chi connectivity index (χ2n) is 6.00. The Morgan fingerprint density at radius 2 is 1.86 bits per heavy atom. The summed E-state index contributed by atoms with van der Waals surface area (Å²) in [5.74, 6) is 1.74. The molecule has 0 aliphatic heterocycles. The normalized spacial score (nSPS) is 17.4. The lowest BCUT2D eigenvalue weighted by molar-refractivity contribution is 0.414. The number of H-pyrrole nitrogens is 1. The Morgan fingerprint density at radius 3 is 2.50 bits per heavy atom. The van der Waals surface area contributed by atoms with Gasteiger partial charge in [0.15, 0.2) is 0 Å². The first-order valence-corrected chi connectivity index (χ1v) is 7.58. The number of hydrogen-bond acceptors (Lipinski definition) is 3. The maximum Gasteiger partial charge on any atom is 0.125 e. The molecule has 1 atom stereocenters. The summed E-state index contributed by atoms with van der Waals surface area (Å²) in [6.07, 6.45) is 2.19. The number of imidazole rings is 1. The van der Waals surface area contributed by atoms with Gasteiger partial charge in [0, 0.05) is 5.41 Å². The van der Waals surface area contributed by atoms with Gasteiger partial charge in [-0.2, -0.15) is 0 Å². The molecule has 1 heterocycles. The second kappa shape index (κ2) is 4.85. The molecule has 0 bridgehead atoms. The van der Waals surface area contributed by atoms with Gasteiger partial charge >= 0.3 is 0 Å². The average Bonchev–Trinajstić information content (AvgIpc) is 3.26. The molecule has 4 nitrogen and oxygen atoms in total. The fourth-order valence-electron chi connectivity index (χ4n) is 3.22. The second-order valence-corrected chi connectivity index (χ2v) is 6.00. The van der Waals surface area contributed by atoms with Crippen molar-refractivity contribution in [1.29, 1.82) is 0 Å². The number of para-hydroxylation sites is 2. The molecule has 3 N–H and O–H groups in total. The van der Waals surface area contributed by atoms with Gasteiger partial charge in [0.25, 0.3) is 0 Å². The van der Waals surface area contributed by atoms with Crippen LogP contribution in [0.1, 0.15) is 30.3 Å². The molecule has 1 aliphatic carbocycles. The Bertz CT molecular complexity index is 770. The van der Waals surface area contributed by atoms with E-state index in [0.717, 1.165) is 35.4 Å². The third-order valence-electron chi connectivity index (χ3n) is 4.75. The van der Waals surface area contributed by atoms with Gasteiger partial charge in [-0.1, -0.05) is 24.3 Å². The number of benzene rings is 2. The maximum absolute atomic E-state index is 6.58. The SMILES string of the molecule is COc1ccc(C2(C(N)c3nc4ccccc4[nH]3)CC2)cc1. The van der Waals surface area contributed by atoms with E-state index in [1.54, 1.807) is 7.11 Å². The Morgan fingerprint density at radius 1 is 1.14 bits per heavy atom. The van der Waals surface area contributed by atoms with Crippen LogP contribution in [0.5, 0.6) is 5.75 Å². The van der Waals surface area contributed by atoms with Crippen molar-refractivity contribution in [3.05, 3.63) is 59.9 Å². The largest absolute Gasteiger partial charge is 0.497 e. The highest BCUT2D eigenvalue weighted by Gasteiger charge is 2.50. The van der Waals surface area contributed by atoms with E-state index in [-0.39, 0.29) is 11.5 Å². The van der Waals surface area contributed by atoms with Crippen molar-refractivity contribution in [2.24, 2.45) is 5.73 Å². The molecule has 1 aromatic heterocycles. The molecule has 112 valence electrons. The molecular formula is C18H19N3O. The molecule has 3 aromatic rings. The molecule has 1 aliphatic rings. The molecular weight excluding hydrogens is 274 g/mol. The quantitative estimate of drug-likeness (QED) is 0.775. The van der Waals surface area contributed by atoms with Gasteiger partial charge < -0.3 is 15.5 Å². The van der Waals surface area contributed by atoms with Crippen LogP contribution in [0.3, 0.4) is 0 Å². The van der Waals surface area contributed by atoms with Crippen LogP contribution >= 0.6 is 0 Å². The topological polar surface area (TPSA) is 63.9 Å². The van der Waals surface area contributed by atoms with Gasteiger partial charge in [-0.25, -0.2) is 4.98 Å². The van der Waals surface area contributed by atoms with Crippen LogP contribution < -0.4 is 10.5 Å². The maximum atomic E-state index is 6.58. The summed E-state index contributed by atoms with van der Waals surface area (Å²) in [7, 11) is 1.68. The van der Waals surface area contributed by atoms with Crippen LogP contribution in [-0.2, 0) is 5.41 Å². The number of ether oxygens (including phenoxy) is 1. The molecule has 1 fully saturated rings. The van der Waals surface area contributed by atoms with Crippen molar-refractivity contribution in [2.75, 3.05) is 7.11 Å². The van der Waals surface area contributed by atoms with E-state index in [0.29, 0.717) is 0 Å². The minimum atomic E-state index is -0.117. The van der Waals surface area contributed by atoms with Crippen LogP contribution in [-0.4, -0.2) is 17.1 Å². The van der Waals surface area contributed by atoms with Crippen LogP contribution in [0, 0.1) is 0 Å². The number of hydrogen-bond donors (Lipinski definition) is 2. The van der Waals surface area contributed by atoms with E-state index in [4.69, 9.17) is 10.5 Å². The minimum absolute atomic E-state index is 0.000146. The lowest BCUT2D eigenvalue weighted by Gasteiger charge is -2.22. The van der Waals surface area contributed by atoms with E-state index in [2.05, 4.69) is 22.1 Å². The first kappa shape index (κ1) is 13.3. The standard InChI is InChI=1S/C18H19N3O/c1-22-13-8-6-12(7-9-13)18(10-11-18)16(19)17-20-14-4-2-3-5-15(14)21-17/h2-9,16H,10-11,19H2,1H3,(H,20,21). The fraction of sp³-hybridized carbons (Fsp3) is 0.278. The van der Waals surface area contributed by atoms with Crippen molar-refractivity contribution in [2.45, 2.75) is 24.3 Å². The lowest BCUT2D eigenvalue weighted by Crippen LogP contribution is -2.27. The third-order valence-corrected chi connectivity index (χ3v) is 4.75. The summed E-state index contributed by atoms with van der Waals surface area (Å²) in [6, 6.07) is 16.2. The molecule has 0 amide bonds. The van der Waals surface area contributed by atoms with Gasteiger partial charge in [-0.15, -0.1) is 0 Å². The Kier molecular flexibility index (Phi) is 2.94. The third kappa shape index (κ3) is 1.99. The number of nitrogens with zero attached hydrogens (tertiary/aromatic N) is 1. The first-order chi connectivity index (χ1) is 10.7. The average molecular weight is 293 g/mol. The van der Waals surface area contributed by atoms with E-state index >= 15 is 0 Å². The summed E-state index contributed by atoms with van der Waals surface area (Å²) in [5.41, 5.74) is 9.85. The Hall–Kier alpha value is -2.33. The van der Waals surface area contributed by atoms with Gasteiger partial charge in [0.2, 0.25) is 0 Å². The van der Waals surface area contributed by atoms with E-state index in [1.807, 2.05) is 36.4 Å². The van der Waals surface area contributed by atoms with Crippen molar-refractivity contribution >= 4 is 11.0 Å². The molecule has 0 saturated heterocycles. The number of aromatic amines is 1. The van der Waals surface area contributed by atoms with E-state index in [9.17, 15) is 0 Å². The molecule has 4 heteroatoms. The van der Waals surface area contributed by atoms with Gasteiger partial charge in [0.05, 0.1) is 24.2 Å². The van der Waals surface area contributed by atoms with Crippen molar-refractivity contribution in [3.63, 3.8) is 0 Å². The molecule has 2 aromatic carbocycles. The molecule has 0 radical (unpaired) electrons. The van der Waals surface area contributed by atoms with E-state index in [1.165, 1.54) is 5.56 Å². The number of methoxy groups -OCH3 is 1. The summed E-state index contributed by atoms with van der Waals surface area (Å²) >= 11 is 0. The highest BCUT2D eigenvalue weighted by Crippen LogP contribution is 2.55. The Balaban J connectivity index is 1.69. The summed E-state index contributed by atoms with van der Waals surface area (Å²) in [4.78, 5) is 8.05. The smallest absolute Gasteiger partial charge is 0.125 e. The van der Waals surface area contributed by atoms with Crippen LogP contribution in [0.4, 0.5) is 0 Å². The highest BCUT2D eigenvalue weighted by molar-refractivity contribution is 5.74. The zero-order valence-corrected chi connectivity index (χ0v) is 12.5. The minimum Gasteiger partial charge on any atom is -0.497 e. The number of fused-ring (bicyclic) bond motifs is 1. The summed E-state index contributed by atoms with van der Waals surface area (Å²) in [6.45, 7) is 0. The highest BCUT2D eigenvalue weighted by atomic mass is 16.5. The van der Waals surface area contributed by atoms with Crippen LogP contribution in [0.15, 0.2) is 48.5 Å². The van der Waals surface area contributed by atoms with Crippen molar-refractivity contribution in [3.8, 4) is 5.75 Å². The lowest BCUT2D eigenvalue weighted by atomic mass is 9.88. The number of rotatable bonds is 4. The molecule has 22 heavy (non-hydrogen) atoms. The molecule has 1 unspecified atom stereocenters. The molecule has 0 spiro atoms. The molecule has 1 saturated carbocycles. The Labute approximate surface area is 129 Å². The van der Waals surface area contributed by atoms with Crippen LogP contribution in [0.25, 0.3) is 11.0 Å². The summed E-state index contributed by atoms with van der Waals surface area (Å²) < 4.78 is 5.24. The molecule has 4 rings (SSSR count). The fourth-order valence-corrected chi connectivity index (χ4v) is 3.22. The zero-order chi connectivity index (χ0) is 15.2. The van der Waals surface area contributed by atoms with Crippen molar-refractivity contribution < 1.29 is 4.74 Å². The number of nitrogens with two attached hydrogens (primary N) is 1. The zero-order valence-electron chi connectivity index (χ0n) is 12.5. The van der Waals surface area contributed by atoms with Gasteiger partial charge in [0.1, 0.15) is 11.6 Å². The van der Waals surface area contributed by atoms with Gasteiger partial charge in [-0.3, -0.25) is 0 Å². The number of aromatic nitrogens is 2.